The molecule has 0 N–H and O–H groups in total. The molecule has 0 radical (unpaired) electrons. The summed E-state index contributed by atoms with van der Waals surface area (Å²) < 4.78 is 57.1. The first kappa shape index (κ1) is 22.5. The molecule has 0 aromatic heterocycles. The lowest BCUT2D eigenvalue weighted by Crippen LogP contribution is -2.19. The van der Waals surface area contributed by atoms with Crippen molar-refractivity contribution in [2.45, 2.75) is 83.9 Å². The number of hydrogen-bond donors (Lipinski definition) is 0. The minimum atomic E-state index is -4.71. The standard InChI is InChI=1S/C20H28F4O2/c1-3-5-6-7-8-9-11-18(10-4-2)26-19(25)15-12-16(20(22,23)24)14-17(21)13-15/h12-14,18H,3-11H2,1-2H3. The minimum absolute atomic E-state index is 0.351. The van der Waals surface area contributed by atoms with E-state index in [1.165, 1.54) is 19.3 Å². The Kier molecular flexibility index (Phi) is 9.66. The molecule has 0 amide bonds. The van der Waals surface area contributed by atoms with E-state index < -0.39 is 29.1 Å². The first-order chi connectivity index (χ1) is 12.3. The second kappa shape index (κ2) is 11.2. The average molecular weight is 376 g/mol. The molecule has 0 aliphatic rings. The number of hydrogen-bond acceptors (Lipinski definition) is 2. The third-order valence-electron chi connectivity index (χ3n) is 4.22. The van der Waals surface area contributed by atoms with Gasteiger partial charge in [0.1, 0.15) is 11.9 Å². The first-order valence-corrected chi connectivity index (χ1v) is 9.36. The molecule has 0 bridgehead atoms. The number of unbranched alkanes of at least 4 members (excludes halogenated alkanes) is 5. The number of rotatable bonds is 11. The van der Waals surface area contributed by atoms with Crippen LogP contribution in [-0.2, 0) is 10.9 Å². The molecule has 0 saturated carbocycles. The average Bonchev–Trinajstić information content (AvgIpc) is 2.56. The predicted molar refractivity (Wildman–Crippen MR) is 93.5 cm³/mol. The number of carbonyl (C=O) groups is 1. The molecular formula is C20H28F4O2. The van der Waals surface area contributed by atoms with E-state index in [4.69, 9.17) is 4.74 Å². The molecule has 0 spiro atoms. The smallest absolute Gasteiger partial charge is 0.416 e. The van der Waals surface area contributed by atoms with Crippen molar-refractivity contribution < 1.29 is 27.1 Å². The number of esters is 1. The van der Waals surface area contributed by atoms with Crippen LogP contribution in [0.4, 0.5) is 17.6 Å². The lowest BCUT2D eigenvalue weighted by atomic mass is 10.0. The van der Waals surface area contributed by atoms with Gasteiger partial charge in [-0.25, -0.2) is 9.18 Å². The van der Waals surface area contributed by atoms with E-state index in [1.807, 2.05) is 6.92 Å². The van der Waals surface area contributed by atoms with Crippen LogP contribution in [0.1, 0.15) is 87.6 Å². The Hall–Kier alpha value is -1.59. The van der Waals surface area contributed by atoms with Gasteiger partial charge in [0.25, 0.3) is 0 Å². The van der Waals surface area contributed by atoms with Crippen molar-refractivity contribution >= 4 is 5.97 Å². The van der Waals surface area contributed by atoms with Crippen LogP contribution in [0.25, 0.3) is 0 Å². The lowest BCUT2D eigenvalue weighted by molar-refractivity contribution is -0.137. The fraction of sp³-hybridized carbons (Fsp3) is 0.650. The van der Waals surface area contributed by atoms with E-state index in [9.17, 15) is 22.4 Å². The molecule has 0 aliphatic carbocycles. The Bertz CT molecular complexity index is 555. The Balaban J connectivity index is 2.65. The molecule has 6 heteroatoms. The summed E-state index contributed by atoms with van der Waals surface area (Å²) >= 11 is 0. The molecule has 148 valence electrons. The van der Waals surface area contributed by atoms with Crippen molar-refractivity contribution in [3.63, 3.8) is 0 Å². The molecule has 0 heterocycles. The number of halogens is 4. The Morgan fingerprint density at radius 3 is 2.23 bits per heavy atom. The van der Waals surface area contributed by atoms with Gasteiger partial charge in [-0.2, -0.15) is 13.2 Å². The highest BCUT2D eigenvalue weighted by molar-refractivity contribution is 5.89. The van der Waals surface area contributed by atoms with Gasteiger partial charge < -0.3 is 4.74 Å². The summed E-state index contributed by atoms with van der Waals surface area (Å²) in [4.78, 5) is 12.2. The molecule has 1 aromatic carbocycles. The van der Waals surface area contributed by atoms with Crippen molar-refractivity contribution in [3.8, 4) is 0 Å². The third-order valence-corrected chi connectivity index (χ3v) is 4.22. The molecule has 0 saturated heterocycles. The monoisotopic (exact) mass is 376 g/mol. The van der Waals surface area contributed by atoms with Crippen molar-refractivity contribution in [2.24, 2.45) is 0 Å². The molecule has 1 rings (SSSR count). The van der Waals surface area contributed by atoms with Crippen molar-refractivity contribution in [1.82, 2.24) is 0 Å². The summed E-state index contributed by atoms with van der Waals surface area (Å²) in [6, 6.07) is 1.79. The summed E-state index contributed by atoms with van der Waals surface area (Å²) in [6.45, 7) is 4.10. The number of ether oxygens (including phenoxy) is 1. The molecule has 0 aliphatic heterocycles. The second-order valence-electron chi connectivity index (χ2n) is 6.60. The molecule has 0 fully saturated rings. The Morgan fingerprint density at radius 2 is 1.62 bits per heavy atom. The molecular weight excluding hydrogens is 348 g/mol. The number of alkyl halides is 3. The van der Waals surface area contributed by atoms with Crippen LogP contribution in [0.2, 0.25) is 0 Å². The van der Waals surface area contributed by atoms with Gasteiger partial charge in [0.2, 0.25) is 0 Å². The molecule has 1 unspecified atom stereocenters. The van der Waals surface area contributed by atoms with Crippen LogP contribution in [-0.4, -0.2) is 12.1 Å². The van der Waals surface area contributed by atoms with Crippen molar-refractivity contribution in [1.29, 1.82) is 0 Å². The summed E-state index contributed by atoms with van der Waals surface area (Å²) in [5.41, 5.74) is -1.59. The van der Waals surface area contributed by atoms with Crippen LogP contribution < -0.4 is 0 Å². The van der Waals surface area contributed by atoms with Gasteiger partial charge in [-0.15, -0.1) is 0 Å². The zero-order valence-electron chi connectivity index (χ0n) is 15.5. The van der Waals surface area contributed by atoms with E-state index in [1.54, 1.807) is 0 Å². The van der Waals surface area contributed by atoms with Crippen LogP contribution in [0.5, 0.6) is 0 Å². The highest BCUT2D eigenvalue weighted by atomic mass is 19.4. The van der Waals surface area contributed by atoms with Crippen LogP contribution >= 0.6 is 0 Å². The summed E-state index contributed by atoms with van der Waals surface area (Å²) in [7, 11) is 0. The summed E-state index contributed by atoms with van der Waals surface area (Å²) in [6.07, 6.45) is 3.67. The predicted octanol–water partition coefficient (Wildman–Crippen LogP) is 6.92. The normalized spacial score (nSPS) is 12.8. The minimum Gasteiger partial charge on any atom is -0.459 e. The highest BCUT2D eigenvalue weighted by Gasteiger charge is 2.32. The maximum Gasteiger partial charge on any atom is 0.416 e. The molecule has 1 atom stereocenters. The maximum absolute atomic E-state index is 13.4. The molecule has 1 aromatic rings. The van der Waals surface area contributed by atoms with E-state index in [-0.39, 0.29) is 6.10 Å². The van der Waals surface area contributed by atoms with Gasteiger partial charge in [-0.3, -0.25) is 0 Å². The van der Waals surface area contributed by atoms with Gasteiger partial charge in [-0.1, -0.05) is 52.4 Å². The lowest BCUT2D eigenvalue weighted by Gasteiger charge is -2.18. The van der Waals surface area contributed by atoms with Crippen LogP contribution in [0.15, 0.2) is 18.2 Å². The van der Waals surface area contributed by atoms with Gasteiger partial charge in [-0.05, 0) is 37.5 Å². The largest absolute Gasteiger partial charge is 0.459 e. The zero-order valence-corrected chi connectivity index (χ0v) is 15.5. The fourth-order valence-electron chi connectivity index (χ4n) is 2.83. The first-order valence-electron chi connectivity index (χ1n) is 9.36. The molecule has 26 heavy (non-hydrogen) atoms. The third kappa shape index (κ3) is 8.19. The highest BCUT2D eigenvalue weighted by Crippen LogP contribution is 2.30. The van der Waals surface area contributed by atoms with E-state index in [0.29, 0.717) is 25.0 Å². The SMILES string of the molecule is CCCCCCCCC(CCC)OC(=O)c1cc(F)cc(C(F)(F)F)c1. The Morgan fingerprint density at radius 1 is 0.962 bits per heavy atom. The van der Waals surface area contributed by atoms with Gasteiger partial charge in [0.05, 0.1) is 11.1 Å². The fourth-order valence-corrected chi connectivity index (χ4v) is 2.83. The number of carbonyl (C=O) groups excluding carboxylic acids is 1. The molecule has 2 nitrogen and oxygen atoms in total. The quantitative estimate of drug-likeness (QED) is 0.238. The topological polar surface area (TPSA) is 26.3 Å². The van der Waals surface area contributed by atoms with Gasteiger partial charge >= 0.3 is 12.1 Å². The van der Waals surface area contributed by atoms with Crippen LogP contribution in [0.3, 0.4) is 0 Å². The van der Waals surface area contributed by atoms with Gasteiger partial charge in [0, 0.05) is 0 Å². The Labute approximate surface area is 152 Å². The van der Waals surface area contributed by atoms with E-state index in [2.05, 4.69) is 6.92 Å². The second-order valence-corrected chi connectivity index (χ2v) is 6.60. The zero-order chi connectivity index (χ0) is 19.6. The van der Waals surface area contributed by atoms with Crippen LogP contribution in [0, 0.1) is 5.82 Å². The van der Waals surface area contributed by atoms with Crippen molar-refractivity contribution in [3.05, 3.63) is 35.1 Å². The van der Waals surface area contributed by atoms with E-state index >= 15 is 0 Å². The summed E-state index contributed by atoms with van der Waals surface area (Å²) in [5.74, 6) is -2.01. The van der Waals surface area contributed by atoms with E-state index in [0.717, 1.165) is 31.7 Å². The van der Waals surface area contributed by atoms with Crippen molar-refractivity contribution in [2.75, 3.05) is 0 Å². The number of benzene rings is 1. The maximum atomic E-state index is 13.4. The summed E-state index contributed by atoms with van der Waals surface area (Å²) in [5, 5.41) is 0. The van der Waals surface area contributed by atoms with Gasteiger partial charge in [0.15, 0.2) is 0 Å².